The van der Waals surface area contributed by atoms with Crippen LogP contribution in [-0.2, 0) is 14.8 Å². The van der Waals surface area contributed by atoms with Crippen LogP contribution in [0.2, 0.25) is 0 Å². The van der Waals surface area contributed by atoms with E-state index in [9.17, 15) is 13.5 Å². The van der Waals surface area contributed by atoms with E-state index in [1.165, 1.54) is 10.4 Å². The van der Waals surface area contributed by atoms with Crippen LogP contribution < -0.4 is 5.73 Å². The number of nitrogen functional groups attached to an aromatic ring is 1. The SMILES string of the molecule is CC1CN(S(=O)(=O)c2ccc(Br)cc2N)CC(CO)O1. The minimum absolute atomic E-state index is 0.0755. The molecule has 1 aliphatic heterocycles. The second kappa shape index (κ2) is 5.98. The molecule has 3 N–H and O–H groups in total. The Bertz CT molecular complexity index is 593. The number of halogens is 1. The quantitative estimate of drug-likeness (QED) is 0.773. The molecule has 6 nitrogen and oxygen atoms in total. The molecule has 1 aliphatic rings. The standard InChI is InChI=1S/C12H17BrN2O4S/c1-8-5-15(6-10(7-16)19-8)20(17,18)12-3-2-9(13)4-11(12)14/h2-4,8,10,16H,5-7,14H2,1H3. The van der Waals surface area contributed by atoms with Gasteiger partial charge in [-0.3, -0.25) is 0 Å². The first-order valence-electron chi connectivity index (χ1n) is 6.16. The van der Waals surface area contributed by atoms with E-state index in [1.807, 2.05) is 0 Å². The normalized spacial score (nSPS) is 24.8. The summed E-state index contributed by atoms with van der Waals surface area (Å²) in [5, 5.41) is 9.18. The van der Waals surface area contributed by atoms with Gasteiger partial charge in [-0.1, -0.05) is 15.9 Å². The van der Waals surface area contributed by atoms with Gasteiger partial charge in [0.05, 0.1) is 24.5 Å². The highest BCUT2D eigenvalue weighted by Gasteiger charge is 2.34. The van der Waals surface area contributed by atoms with Crippen molar-refractivity contribution in [1.29, 1.82) is 0 Å². The minimum Gasteiger partial charge on any atom is -0.398 e. The van der Waals surface area contributed by atoms with E-state index in [1.54, 1.807) is 19.1 Å². The van der Waals surface area contributed by atoms with Crippen LogP contribution in [0.15, 0.2) is 27.6 Å². The van der Waals surface area contributed by atoms with Crippen molar-refractivity contribution in [1.82, 2.24) is 4.31 Å². The van der Waals surface area contributed by atoms with Crippen LogP contribution in [0.3, 0.4) is 0 Å². The molecule has 0 aromatic heterocycles. The predicted molar refractivity (Wildman–Crippen MR) is 78.7 cm³/mol. The fourth-order valence-corrected chi connectivity index (χ4v) is 4.22. The van der Waals surface area contributed by atoms with Gasteiger partial charge >= 0.3 is 0 Å². The van der Waals surface area contributed by atoms with Gasteiger partial charge < -0.3 is 15.6 Å². The highest BCUT2D eigenvalue weighted by atomic mass is 79.9. The molecule has 1 aromatic rings. The maximum atomic E-state index is 12.6. The molecule has 112 valence electrons. The average molecular weight is 365 g/mol. The van der Waals surface area contributed by atoms with Gasteiger partial charge in [0.25, 0.3) is 0 Å². The number of morpholine rings is 1. The molecule has 0 amide bonds. The van der Waals surface area contributed by atoms with Gasteiger partial charge in [0, 0.05) is 17.6 Å². The Labute approximate surface area is 126 Å². The van der Waals surface area contributed by atoms with Crippen molar-refractivity contribution in [2.45, 2.75) is 24.0 Å². The van der Waals surface area contributed by atoms with E-state index in [2.05, 4.69) is 15.9 Å². The smallest absolute Gasteiger partial charge is 0.245 e. The Morgan fingerprint density at radius 3 is 2.80 bits per heavy atom. The van der Waals surface area contributed by atoms with Crippen LogP contribution in [0.5, 0.6) is 0 Å². The Morgan fingerprint density at radius 2 is 2.20 bits per heavy atom. The topological polar surface area (TPSA) is 92.9 Å². The van der Waals surface area contributed by atoms with Gasteiger partial charge in [-0.05, 0) is 25.1 Å². The first-order valence-corrected chi connectivity index (χ1v) is 8.39. The van der Waals surface area contributed by atoms with Gasteiger partial charge in [0.2, 0.25) is 10.0 Å². The molecular weight excluding hydrogens is 348 g/mol. The molecular formula is C12H17BrN2O4S. The zero-order chi connectivity index (χ0) is 14.9. The van der Waals surface area contributed by atoms with Crippen molar-refractivity contribution in [3.05, 3.63) is 22.7 Å². The van der Waals surface area contributed by atoms with Crippen LogP contribution in [0.25, 0.3) is 0 Å². The van der Waals surface area contributed by atoms with E-state index in [4.69, 9.17) is 10.5 Å². The minimum atomic E-state index is -3.69. The first kappa shape index (κ1) is 15.7. The summed E-state index contributed by atoms with van der Waals surface area (Å²) in [5.74, 6) is 0. The molecule has 0 radical (unpaired) electrons. The molecule has 0 spiro atoms. The molecule has 1 fully saturated rings. The van der Waals surface area contributed by atoms with Crippen LogP contribution >= 0.6 is 15.9 Å². The lowest BCUT2D eigenvalue weighted by Gasteiger charge is -2.35. The van der Waals surface area contributed by atoms with Gasteiger partial charge in [0.15, 0.2) is 0 Å². The van der Waals surface area contributed by atoms with Crippen molar-refractivity contribution in [2.75, 3.05) is 25.4 Å². The number of hydrogen-bond acceptors (Lipinski definition) is 5. The summed E-state index contributed by atoms with van der Waals surface area (Å²) in [7, 11) is -3.69. The number of benzene rings is 1. The monoisotopic (exact) mass is 364 g/mol. The Kier molecular flexibility index (Phi) is 4.70. The lowest BCUT2D eigenvalue weighted by Crippen LogP contribution is -2.50. The summed E-state index contributed by atoms with van der Waals surface area (Å²) in [6, 6.07) is 4.67. The summed E-state index contributed by atoms with van der Waals surface area (Å²) in [5.41, 5.74) is 5.99. The predicted octanol–water partition coefficient (Wildman–Crippen LogP) is 0.802. The summed E-state index contributed by atoms with van der Waals surface area (Å²) in [6.07, 6.45) is -0.780. The summed E-state index contributed by atoms with van der Waals surface area (Å²) < 4.78 is 32.7. The number of aliphatic hydroxyl groups is 1. The first-order chi connectivity index (χ1) is 9.34. The molecule has 1 heterocycles. The second-order valence-corrected chi connectivity index (χ2v) is 7.58. The molecule has 1 saturated heterocycles. The number of rotatable bonds is 3. The maximum Gasteiger partial charge on any atom is 0.245 e. The van der Waals surface area contributed by atoms with Gasteiger partial charge in [-0.15, -0.1) is 0 Å². The van der Waals surface area contributed by atoms with E-state index in [-0.39, 0.29) is 36.4 Å². The van der Waals surface area contributed by atoms with E-state index < -0.39 is 16.1 Å². The number of nitrogens with two attached hydrogens (primary N) is 1. The molecule has 0 bridgehead atoms. The third kappa shape index (κ3) is 3.15. The zero-order valence-corrected chi connectivity index (χ0v) is 13.4. The van der Waals surface area contributed by atoms with Crippen molar-refractivity contribution in [3.63, 3.8) is 0 Å². The molecule has 0 aliphatic carbocycles. The Hall–Kier alpha value is -0.670. The van der Waals surface area contributed by atoms with Gasteiger partial charge in [0.1, 0.15) is 4.90 Å². The van der Waals surface area contributed by atoms with Crippen LogP contribution in [0.4, 0.5) is 5.69 Å². The van der Waals surface area contributed by atoms with Crippen LogP contribution in [0, 0.1) is 0 Å². The fourth-order valence-electron chi connectivity index (χ4n) is 2.19. The molecule has 20 heavy (non-hydrogen) atoms. The highest BCUT2D eigenvalue weighted by Crippen LogP contribution is 2.27. The van der Waals surface area contributed by atoms with E-state index >= 15 is 0 Å². The number of anilines is 1. The number of hydrogen-bond donors (Lipinski definition) is 2. The lowest BCUT2D eigenvalue weighted by atomic mass is 10.2. The summed E-state index contributed by atoms with van der Waals surface area (Å²) in [4.78, 5) is 0.0755. The molecule has 1 aromatic carbocycles. The van der Waals surface area contributed by atoms with Crippen molar-refractivity contribution in [2.24, 2.45) is 0 Å². The Morgan fingerprint density at radius 1 is 1.50 bits per heavy atom. The largest absolute Gasteiger partial charge is 0.398 e. The maximum absolute atomic E-state index is 12.6. The molecule has 8 heteroatoms. The zero-order valence-electron chi connectivity index (χ0n) is 11.0. The number of ether oxygens (including phenoxy) is 1. The van der Waals surface area contributed by atoms with Gasteiger partial charge in [-0.2, -0.15) is 4.31 Å². The van der Waals surface area contributed by atoms with Crippen LogP contribution in [0.1, 0.15) is 6.92 Å². The summed E-state index contributed by atoms with van der Waals surface area (Å²) >= 11 is 3.25. The number of sulfonamides is 1. The lowest BCUT2D eigenvalue weighted by molar-refractivity contribution is -0.0750. The average Bonchev–Trinajstić information content (AvgIpc) is 2.37. The highest BCUT2D eigenvalue weighted by molar-refractivity contribution is 9.10. The van der Waals surface area contributed by atoms with Crippen molar-refractivity contribution >= 4 is 31.6 Å². The Balaban J connectivity index is 2.34. The van der Waals surface area contributed by atoms with Crippen molar-refractivity contribution < 1.29 is 18.3 Å². The van der Waals surface area contributed by atoms with E-state index in [0.29, 0.717) is 0 Å². The molecule has 2 rings (SSSR count). The third-order valence-electron chi connectivity index (χ3n) is 3.09. The number of nitrogens with zero attached hydrogens (tertiary/aromatic N) is 1. The number of aliphatic hydroxyl groups excluding tert-OH is 1. The third-order valence-corrected chi connectivity index (χ3v) is 5.48. The van der Waals surface area contributed by atoms with E-state index in [0.717, 1.165) is 4.47 Å². The fraction of sp³-hybridized carbons (Fsp3) is 0.500. The summed E-state index contributed by atoms with van der Waals surface area (Å²) in [6.45, 7) is 1.93. The molecule has 2 unspecified atom stereocenters. The molecule has 0 saturated carbocycles. The van der Waals surface area contributed by atoms with Crippen molar-refractivity contribution in [3.8, 4) is 0 Å². The van der Waals surface area contributed by atoms with Crippen LogP contribution in [-0.4, -0.2) is 49.7 Å². The van der Waals surface area contributed by atoms with Gasteiger partial charge in [-0.25, -0.2) is 8.42 Å². The second-order valence-electron chi connectivity index (χ2n) is 4.76. The molecule has 2 atom stereocenters.